The number of hydrogen-bond acceptors (Lipinski definition) is 3. The van der Waals surface area contributed by atoms with Crippen LogP contribution in [0.3, 0.4) is 0 Å². The summed E-state index contributed by atoms with van der Waals surface area (Å²) in [5.41, 5.74) is 8.72. The number of likely N-dealkylation sites (tertiary alicyclic amines) is 1. The van der Waals surface area contributed by atoms with Gasteiger partial charge in [0.2, 0.25) is 5.91 Å². The number of benzene rings is 1. The number of primary amides is 1. The number of nitrogens with two attached hydrogens (primary N) is 1. The minimum absolute atomic E-state index is 0.0509. The van der Waals surface area contributed by atoms with Crippen LogP contribution in [0.1, 0.15) is 62.0 Å². The lowest BCUT2D eigenvalue weighted by molar-refractivity contribution is 0.00652. The molecule has 1 aromatic carbocycles. The van der Waals surface area contributed by atoms with E-state index in [0.717, 1.165) is 26.1 Å². The number of carbonyl (C=O) groups excluding carboxylic acids is 1. The Balaban J connectivity index is 1.80. The zero-order chi connectivity index (χ0) is 19.1. The molecule has 144 valence electrons. The Morgan fingerprint density at radius 2 is 2.08 bits per heavy atom. The highest BCUT2D eigenvalue weighted by atomic mass is 16.5. The lowest BCUT2D eigenvalue weighted by atomic mass is 9.64. The van der Waals surface area contributed by atoms with Gasteiger partial charge in [-0.05, 0) is 73.7 Å². The van der Waals surface area contributed by atoms with E-state index >= 15 is 0 Å². The Morgan fingerprint density at radius 3 is 2.69 bits per heavy atom. The average molecular weight is 359 g/mol. The van der Waals surface area contributed by atoms with Crippen molar-refractivity contribution in [3.63, 3.8) is 0 Å². The third kappa shape index (κ3) is 3.54. The van der Waals surface area contributed by atoms with Gasteiger partial charge in [0, 0.05) is 24.8 Å². The van der Waals surface area contributed by atoms with Crippen LogP contribution in [0.2, 0.25) is 0 Å². The quantitative estimate of drug-likeness (QED) is 0.896. The number of hydrogen-bond donors (Lipinski definition) is 1. The topological polar surface area (TPSA) is 55.6 Å². The molecule has 2 N–H and O–H groups in total. The second kappa shape index (κ2) is 7.32. The molecule has 2 heterocycles. The predicted octanol–water partition coefficient (Wildman–Crippen LogP) is 3.51. The second-order valence-electron chi connectivity index (χ2n) is 8.88. The zero-order valence-electron chi connectivity index (χ0n) is 16.9. The minimum atomic E-state index is -0.347. The number of ether oxygens (including phenoxy) is 1. The van der Waals surface area contributed by atoms with Gasteiger partial charge in [0.05, 0.1) is 6.10 Å². The number of rotatable bonds is 4. The summed E-state index contributed by atoms with van der Waals surface area (Å²) in [6.07, 6.45) is 2.64. The van der Waals surface area contributed by atoms with Gasteiger partial charge in [-0.15, -0.1) is 0 Å². The fourth-order valence-electron chi connectivity index (χ4n) is 4.96. The Morgan fingerprint density at radius 1 is 1.35 bits per heavy atom. The summed E-state index contributed by atoms with van der Waals surface area (Å²) < 4.78 is 5.96. The predicted molar refractivity (Wildman–Crippen MR) is 105 cm³/mol. The lowest BCUT2D eigenvalue weighted by Crippen LogP contribution is -2.54. The van der Waals surface area contributed by atoms with Gasteiger partial charge < -0.3 is 10.5 Å². The molecule has 0 bridgehead atoms. The molecular formula is C22H34N2O2. The minimum Gasteiger partial charge on any atom is -0.377 e. The zero-order valence-corrected chi connectivity index (χ0v) is 16.9. The monoisotopic (exact) mass is 358 g/mol. The van der Waals surface area contributed by atoms with Crippen LogP contribution in [0.5, 0.6) is 0 Å². The first kappa shape index (κ1) is 19.4. The van der Waals surface area contributed by atoms with E-state index in [4.69, 9.17) is 10.5 Å². The highest BCUT2D eigenvalue weighted by Gasteiger charge is 2.43. The largest absolute Gasteiger partial charge is 0.377 e. The molecule has 0 aliphatic carbocycles. The molecule has 3 rings (SSSR count). The van der Waals surface area contributed by atoms with Crippen LogP contribution in [0.4, 0.5) is 0 Å². The van der Waals surface area contributed by atoms with Crippen LogP contribution in [-0.4, -0.2) is 42.6 Å². The van der Waals surface area contributed by atoms with Crippen molar-refractivity contribution in [1.82, 2.24) is 4.90 Å². The molecule has 0 aromatic heterocycles. The molecule has 2 unspecified atom stereocenters. The maximum absolute atomic E-state index is 11.7. The van der Waals surface area contributed by atoms with Crippen LogP contribution in [-0.2, 0) is 10.2 Å². The van der Waals surface area contributed by atoms with Crippen molar-refractivity contribution in [3.05, 3.63) is 34.9 Å². The Labute approximate surface area is 158 Å². The van der Waals surface area contributed by atoms with Gasteiger partial charge in [0.15, 0.2) is 0 Å². The third-order valence-electron chi connectivity index (χ3n) is 7.08. The van der Waals surface area contributed by atoms with E-state index < -0.39 is 0 Å². The smallest absolute Gasteiger partial charge is 0.248 e. The molecule has 2 aliphatic rings. The number of nitrogens with zero attached hydrogens (tertiary/aromatic N) is 1. The van der Waals surface area contributed by atoms with Crippen LogP contribution in [0, 0.1) is 18.8 Å². The summed E-state index contributed by atoms with van der Waals surface area (Å²) in [7, 11) is 0. The number of piperidine rings is 1. The van der Waals surface area contributed by atoms with Crippen molar-refractivity contribution >= 4 is 5.91 Å². The highest BCUT2D eigenvalue weighted by molar-refractivity contribution is 5.93. The van der Waals surface area contributed by atoms with Crippen molar-refractivity contribution in [3.8, 4) is 0 Å². The molecule has 2 aliphatic heterocycles. The number of aryl methyl sites for hydroxylation is 1. The van der Waals surface area contributed by atoms with E-state index in [2.05, 4.69) is 39.5 Å². The van der Waals surface area contributed by atoms with Crippen molar-refractivity contribution in [1.29, 1.82) is 0 Å². The van der Waals surface area contributed by atoms with E-state index in [9.17, 15) is 4.79 Å². The first-order chi connectivity index (χ1) is 12.2. The maximum atomic E-state index is 11.7. The summed E-state index contributed by atoms with van der Waals surface area (Å²) in [6.45, 7) is 14.5. The van der Waals surface area contributed by atoms with Gasteiger partial charge in [0.25, 0.3) is 0 Å². The molecule has 0 radical (unpaired) electrons. The maximum Gasteiger partial charge on any atom is 0.248 e. The van der Waals surface area contributed by atoms with E-state index in [1.54, 1.807) is 0 Å². The number of amides is 1. The average Bonchev–Trinajstić information content (AvgIpc) is 3.01. The Kier molecular flexibility index (Phi) is 5.45. The normalized spacial score (nSPS) is 35.6. The Hall–Kier alpha value is -1.39. The molecule has 4 heteroatoms. The van der Waals surface area contributed by atoms with Crippen molar-refractivity contribution in [2.45, 2.75) is 65.0 Å². The van der Waals surface area contributed by atoms with E-state index in [1.807, 2.05) is 18.2 Å². The summed E-state index contributed by atoms with van der Waals surface area (Å²) >= 11 is 0. The highest BCUT2D eigenvalue weighted by Crippen LogP contribution is 2.44. The molecule has 0 spiro atoms. The Bertz CT molecular complexity index is 674. The van der Waals surface area contributed by atoms with Gasteiger partial charge in [0.1, 0.15) is 0 Å². The molecule has 4 nitrogen and oxygen atoms in total. The number of carbonyl (C=O) groups is 1. The molecule has 1 amide bonds. The molecule has 2 fully saturated rings. The van der Waals surface area contributed by atoms with Crippen LogP contribution in [0.25, 0.3) is 0 Å². The second-order valence-corrected chi connectivity index (χ2v) is 8.88. The molecule has 5 atom stereocenters. The van der Waals surface area contributed by atoms with Crippen molar-refractivity contribution in [2.75, 3.05) is 19.7 Å². The van der Waals surface area contributed by atoms with Gasteiger partial charge in [-0.2, -0.15) is 0 Å². The molecular weight excluding hydrogens is 324 g/mol. The van der Waals surface area contributed by atoms with Crippen LogP contribution >= 0.6 is 0 Å². The SMILES string of the molecule is Cc1ccc(C(N)=O)cc1C1(C)CCN(C[C@@H]2CC(C)CO2)[C@H](C)[C@@H]1C. The van der Waals surface area contributed by atoms with Gasteiger partial charge in [-0.3, -0.25) is 9.69 Å². The first-order valence-electron chi connectivity index (χ1n) is 9.99. The first-order valence-corrected chi connectivity index (χ1v) is 9.99. The van der Waals surface area contributed by atoms with Crippen LogP contribution < -0.4 is 5.73 Å². The van der Waals surface area contributed by atoms with E-state index in [-0.39, 0.29) is 11.3 Å². The summed E-state index contributed by atoms with van der Waals surface area (Å²) in [6, 6.07) is 6.38. The van der Waals surface area contributed by atoms with Crippen molar-refractivity contribution < 1.29 is 9.53 Å². The molecule has 0 saturated carbocycles. The summed E-state index contributed by atoms with van der Waals surface area (Å²) in [5.74, 6) is 0.819. The van der Waals surface area contributed by atoms with Crippen molar-refractivity contribution in [2.24, 2.45) is 17.6 Å². The summed E-state index contributed by atoms with van der Waals surface area (Å²) in [5, 5.41) is 0. The molecule has 2 saturated heterocycles. The standard InChI is InChI=1S/C22H34N2O2/c1-14-10-19(26-13-14)12-24-9-8-22(5,16(3)17(24)4)20-11-18(21(23)25)7-6-15(20)2/h6-7,11,14,16-17,19H,8-10,12-13H2,1-5H3,(H2,23,25)/t14?,16-,17+,19-,22?/m0/s1. The van der Waals surface area contributed by atoms with Gasteiger partial charge in [-0.1, -0.05) is 26.8 Å². The fourth-order valence-corrected chi connectivity index (χ4v) is 4.96. The van der Waals surface area contributed by atoms with E-state index in [0.29, 0.717) is 29.5 Å². The molecule has 26 heavy (non-hydrogen) atoms. The van der Waals surface area contributed by atoms with E-state index in [1.165, 1.54) is 17.5 Å². The van der Waals surface area contributed by atoms with Crippen LogP contribution in [0.15, 0.2) is 18.2 Å². The van der Waals surface area contributed by atoms with Gasteiger partial charge >= 0.3 is 0 Å². The molecule has 1 aromatic rings. The fraction of sp³-hybridized carbons (Fsp3) is 0.682. The van der Waals surface area contributed by atoms with Gasteiger partial charge in [-0.25, -0.2) is 0 Å². The lowest BCUT2D eigenvalue weighted by Gasteiger charge is -2.50. The summed E-state index contributed by atoms with van der Waals surface area (Å²) in [4.78, 5) is 14.3. The third-order valence-corrected chi connectivity index (χ3v) is 7.08.